The number of methoxy groups -OCH3 is 1. The molecule has 162 valence electrons. The molecule has 1 aliphatic rings. The van der Waals surface area contributed by atoms with Crippen LogP contribution in [0.2, 0.25) is 0 Å². The van der Waals surface area contributed by atoms with Gasteiger partial charge in [-0.1, -0.05) is 22.0 Å². The van der Waals surface area contributed by atoms with Crippen molar-refractivity contribution < 1.29 is 28.2 Å². The number of ether oxygens (including phenoxy) is 1. The van der Waals surface area contributed by atoms with E-state index in [-0.39, 0.29) is 33.4 Å². The number of benzene rings is 2. The molecule has 1 amide bonds. The Morgan fingerprint density at radius 2 is 1.97 bits per heavy atom. The molecule has 1 saturated carbocycles. The highest BCUT2D eigenvalue weighted by Gasteiger charge is 2.29. The van der Waals surface area contributed by atoms with Gasteiger partial charge in [0, 0.05) is 30.3 Å². The van der Waals surface area contributed by atoms with Gasteiger partial charge in [-0.15, -0.1) is 0 Å². The average Bonchev–Trinajstić information content (AvgIpc) is 3.53. The lowest BCUT2D eigenvalue weighted by molar-refractivity contribution is 0.0945. The van der Waals surface area contributed by atoms with E-state index in [4.69, 9.17) is 4.74 Å². The van der Waals surface area contributed by atoms with Crippen molar-refractivity contribution in [1.29, 1.82) is 0 Å². The summed E-state index contributed by atoms with van der Waals surface area (Å²) in [6.07, 6.45) is 2.53. The molecule has 0 spiro atoms. The summed E-state index contributed by atoms with van der Waals surface area (Å²) < 4.78 is 31.3. The fourth-order valence-electron chi connectivity index (χ4n) is 3.19. The van der Waals surface area contributed by atoms with Gasteiger partial charge in [-0.2, -0.15) is 0 Å². The lowest BCUT2D eigenvalue weighted by Crippen LogP contribution is -2.25. The van der Waals surface area contributed by atoms with Crippen LogP contribution in [0, 0.1) is 0 Å². The molecule has 0 bridgehead atoms. The molecule has 1 aliphatic carbocycles. The van der Waals surface area contributed by atoms with Crippen LogP contribution in [0.5, 0.6) is 11.5 Å². The van der Waals surface area contributed by atoms with E-state index in [0.29, 0.717) is 24.0 Å². The first-order valence-corrected chi connectivity index (χ1v) is 12.0. The molecule has 0 radical (unpaired) electrons. The minimum atomic E-state index is -3.97. The topological polar surface area (TPSA) is 113 Å². The zero-order chi connectivity index (χ0) is 21.9. The summed E-state index contributed by atoms with van der Waals surface area (Å²) in [6, 6.07) is 7.41. The molecule has 9 heteroatoms. The molecular formula is C21H24BrNO6S. The average molecular weight is 498 g/mol. The molecular weight excluding hydrogens is 474 g/mol. The minimum Gasteiger partial charge on any atom is -0.507 e. The molecule has 2 aromatic rings. The largest absolute Gasteiger partial charge is 0.507 e. The van der Waals surface area contributed by atoms with Crippen LogP contribution in [0.1, 0.15) is 46.7 Å². The second-order valence-corrected chi connectivity index (χ2v) is 10.2. The predicted molar refractivity (Wildman–Crippen MR) is 116 cm³/mol. The van der Waals surface area contributed by atoms with E-state index in [1.54, 1.807) is 19.2 Å². The van der Waals surface area contributed by atoms with Crippen LogP contribution in [0.25, 0.3) is 0 Å². The summed E-state index contributed by atoms with van der Waals surface area (Å²) in [5.74, 6) is -1.47. The Labute approximate surface area is 184 Å². The van der Waals surface area contributed by atoms with Crippen molar-refractivity contribution in [2.75, 3.05) is 20.3 Å². The second-order valence-electron chi connectivity index (χ2n) is 7.32. The van der Waals surface area contributed by atoms with Gasteiger partial charge in [-0.05, 0) is 55.0 Å². The van der Waals surface area contributed by atoms with Crippen molar-refractivity contribution in [3.05, 3.63) is 51.5 Å². The maximum Gasteiger partial charge on any atom is 0.255 e. The molecule has 0 heterocycles. The van der Waals surface area contributed by atoms with E-state index in [2.05, 4.69) is 21.2 Å². The Kier molecular flexibility index (Phi) is 7.05. The summed E-state index contributed by atoms with van der Waals surface area (Å²) >= 11 is 3.21. The zero-order valence-corrected chi connectivity index (χ0v) is 18.9. The van der Waals surface area contributed by atoms with Crippen LogP contribution in [-0.2, 0) is 20.3 Å². The Balaban J connectivity index is 1.93. The quantitative estimate of drug-likeness (QED) is 0.457. The summed E-state index contributed by atoms with van der Waals surface area (Å²) in [4.78, 5) is 12.4. The van der Waals surface area contributed by atoms with Crippen LogP contribution in [0.15, 0.2) is 39.7 Å². The van der Waals surface area contributed by atoms with Crippen molar-refractivity contribution in [1.82, 2.24) is 5.32 Å². The smallest absolute Gasteiger partial charge is 0.255 e. The Morgan fingerprint density at radius 1 is 1.23 bits per heavy atom. The van der Waals surface area contributed by atoms with E-state index in [1.807, 2.05) is 0 Å². The molecule has 0 aromatic heterocycles. The molecule has 30 heavy (non-hydrogen) atoms. The van der Waals surface area contributed by atoms with Gasteiger partial charge in [0.2, 0.25) is 0 Å². The molecule has 3 N–H and O–H groups in total. The first-order valence-electron chi connectivity index (χ1n) is 9.57. The predicted octanol–water partition coefficient (Wildman–Crippen LogP) is 3.48. The molecule has 0 atom stereocenters. The van der Waals surface area contributed by atoms with E-state index >= 15 is 0 Å². The van der Waals surface area contributed by atoms with Gasteiger partial charge < -0.3 is 20.3 Å². The zero-order valence-electron chi connectivity index (χ0n) is 16.5. The number of rotatable bonds is 9. The number of phenols is 2. The van der Waals surface area contributed by atoms with E-state index in [9.17, 15) is 23.4 Å². The number of nitrogens with one attached hydrogen (secondary N) is 1. The van der Waals surface area contributed by atoms with Gasteiger partial charge in [-0.3, -0.25) is 4.79 Å². The Bertz CT molecular complexity index is 1050. The number of hydrogen-bond acceptors (Lipinski definition) is 6. The molecule has 1 fully saturated rings. The Hall–Kier alpha value is -2.10. The van der Waals surface area contributed by atoms with Gasteiger partial charge in [-0.25, -0.2) is 8.42 Å². The van der Waals surface area contributed by atoms with Crippen LogP contribution >= 0.6 is 15.9 Å². The van der Waals surface area contributed by atoms with Gasteiger partial charge in [0.15, 0.2) is 9.84 Å². The number of carbonyl (C=O) groups is 1. The van der Waals surface area contributed by atoms with Crippen LogP contribution in [0.4, 0.5) is 0 Å². The fourth-order valence-corrected chi connectivity index (χ4v) is 5.18. The van der Waals surface area contributed by atoms with Crippen molar-refractivity contribution >= 4 is 31.7 Å². The molecule has 0 unspecified atom stereocenters. The van der Waals surface area contributed by atoms with Crippen molar-refractivity contribution in [3.63, 3.8) is 0 Å². The number of carbonyl (C=O) groups excluding carboxylic acids is 1. The van der Waals surface area contributed by atoms with Crippen molar-refractivity contribution in [2.24, 2.45) is 0 Å². The lowest BCUT2D eigenvalue weighted by Gasteiger charge is -2.14. The number of halogens is 1. The number of aromatic hydroxyl groups is 2. The monoisotopic (exact) mass is 497 g/mol. The van der Waals surface area contributed by atoms with E-state index < -0.39 is 21.5 Å². The maximum atomic E-state index is 12.9. The lowest BCUT2D eigenvalue weighted by atomic mass is 10.0. The van der Waals surface area contributed by atoms with Gasteiger partial charge in [0.05, 0.1) is 11.3 Å². The maximum absolute atomic E-state index is 12.9. The highest BCUT2D eigenvalue weighted by Crippen LogP contribution is 2.43. The highest BCUT2D eigenvalue weighted by atomic mass is 79.9. The van der Waals surface area contributed by atoms with Crippen LogP contribution < -0.4 is 5.32 Å². The molecule has 0 aliphatic heterocycles. The van der Waals surface area contributed by atoms with Crippen LogP contribution in [-0.4, -0.2) is 44.8 Å². The summed E-state index contributed by atoms with van der Waals surface area (Å²) in [7, 11) is -2.39. The second kappa shape index (κ2) is 9.36. The molecule has 0 saturated heterocycles. The third kappa shape index (κ3) is 5.33. The minimum absolute atomic E-state index is 0.0560. The van der Waals surface area contributed by atoms with Crippen molar-refractivity contribution in [2.45, 2.75) is 35.8 Å². The third-order valence-electron chi connectivity index (χ3n) is 4.92. The molecule has 7 nitrogen and oxygen atoms in total. The standard InChI is InChI=1S/C21H24BrNO6S/c1-29-8-2-7-23-21(26)17-10-14(13-3-4-13)9-15(20(17)25)12-30(27,28)19-11-16(22)5-6-18(19)24/h5-6,9-11,13,24-25H,2-4,7-8,12H2,1H3,(H,23,26). The summed E-state index contributed by atoms with van der Waals surface area (Å²) in [5.41, 5.74) is 1.03. The molecule has 3 rings (SSSR count). The fraction of sp³-hybridized carbons (Fsp3) is 0.381. The van der Waals surface area contributed by atoms with E-state index in [1.165, 1.54) is 18.2 Å². The third-order valence-corrected chi connectivity index (χ3v) is 7.10. The van der Waals surface area contributed by atoms with Crippen LogP contribution in [0.3, 0.4) is 0 Å². The van der Waals surface area contributed by atoms with E-state index in [0.717, 1.165) is 18.4 Å². The van der Waals surface area contributed by atoms with Gasteiger partial charge in [0.1, 0.15) is 16.4 Å². The highest BCUT2D eigenvalue weighted by molar-refractivity contribution is 9.10. The summed E-state index contributed by atoms with van der Waals surface area (Å²) in [6.45, 7) is 0.868. The van der Waals surface area contributed by atoms with Gasteiger partial charge in [0.25, 0.3) is 5.91 Å². The number of amides is 1. The first-order chi connectivity index (χ1) is 14.2. The SMILES string of the molecule is COCCCNC(=O)c1cc(C2CC2)cc(CS(=O)(=O)c2cc(Br)ccc2O)c1O. The Morgan fingerprint density at radius 3 is 2.63 bits per heavy atom. The number of phenolic OH excluding ortho intramolecular Hbond substituents is 2. The molecule has 2 aromatic carbocycles. The number of hydrogen-bond donors (Lipinski definition) is 3. The first kappa shape index (κ1) is 22.6. The summed E-state index contributed by atoms with van der Waals surface area (Å²) in [5, 5.41) is 23.4. The normalized spacial score (nSPS) is 13.9. The number of sulfone groups is 1. The van der Waals surface area contributed by atoms with Gasteiger partial charge >= 0.3 is 0 Å². The van der Waals surface area contributed by atoms with Crippen molar-refractivity contribution in [3.8, 4) is 11.5 Å².